The molecule has 0 saturated heterocycles. The molecule has 0 heterocycles. The summed E-state index contributed by atoms with van der Waals surface area (Å²) in [7, 11) is 0. The van der Waals surface area contributed by atoms with Crippen LogP contribution < -0.4 is 10.1 Å². The minimum atomic E-state index is -0.453. The predicted octanol–water partition coefficient (Wildman–Crippen LogP) is 6.34. The van der Waals surface area contributed by atoms with Crippen LogP contribution in [0.25, 0.3) is 6.08 Å². The third kappa shape index (κ3) is 6.05. The Bertz CT molecular complexity index is 1070. The molecule has 3 rings (SSSR count). The smallest absolute Gasteiger partial charge is 0.266 e. The third-order valence-electron chi connectivity index (χ3n) is 3.97. The summed E-state index contributed by atoms with van der Waals surface area (Å²) in [6.45, 7) is 0.435. The van der Waals surface area contributed by atoms with Crippen molar-refractivity contribution in [3.63, 3.8) is 0 Å². The van der Waals surface area contributed by atoms with E-state index in [1.54, 1.807) is 30.3 Å². The van der Waals surface area contributed by atoms with Crippen molar-refractivity contribution in [2.24, 2.45) is 0 Å². The molecule has 29 heavy (non-hydrogen) atoms. The summed E-state index contributed by atoms with van der Waals surface area (Å²) >= 11 is 6.90. The lowest BCUT2D eigenvalue weighted by molar-refractivity contribution is -0.112. The van der Waals surface area contributed by atoms with Gasteiger partial charge in [0.15, 0.2) is 0 Å². The Morgan fingerprint density at radius 2 is 1.76 bits per heavy atom. The van der Waals surface area contributed by atoms with Crippen molar-refractivity contribution in [3.8, 4) is 11.8 Å². The lowest BCUT2D eigenvalue weighted by atomic mass is 10.1. The highest BCUT2D eigenvalue weighted by atomic mass is 79.9. The zero-order valence-electron chi connectivity index (χ0n) is 15.2. The average molecular weight is 512 g/mol. The minimum Gasteiger partial charge on any atom is -0.488 e. The number of benzene rings is 3. The summed E-state index contributed by atoms with van der Waals surface area (Å²) < 4.78 is 7.61. The van der Waals surface area contributed by atoms with Crippen LogP contribution in [-0.2, 0) is 11.4 Å². The van der Waals surface area contributed by atoms with Crippen LogP contribution in [0, 0.1) is 11.3 Å². The molecule has 0 aliphatic carbocycles. The normalized spacial score (nSPS) is 10.9. The molecule has 0 aromatic heterocycles. The van der Waals surface area contributed by atoms with Crippen molar-refractivity contribution in [2.45, 2.75) is 6.61 Å². The van der Waals surface area contributed by atoms with Gasteiger partial charge in [0.05, 0.1) is 4.47 Å². The van der Waals surface area contributed by atoms with Crippen LogP contribution in [0.4, 0.5) is 5.69 Å². The van der Waals surface area contributed by atoms with Crippen LogP contribution in [0.1, 0.15) is 11.1 Å². The summed E-state index contributed by atoms with van der Waals surface area (Å²) in [6.07, 6.45) is 1.54. The molecule has 0 bridgehead atoms. The Hall–Kier alpha value is -2.88. The molecule has 0 aliphatic heterocycles. The number of hydrogen-bond donors (Lipinski definition) is 1. The first-order chi connectivity index (χ1) is 14.0. The van der Waals surface area contributed by atoms with Gasteiger partial charge in [0.1, 0.15) is 24.0 Å². The second-order valence-corrected chi connectivity index (χ2v) is 7.86. The van der Waals surface area contributed by atoms with Crippen LogP contribution >= 0.6 is 31.9 Å². The first-order valence-electron chi connectivity index (χ1n) is 8.70. The summed E-state index contributed by atoms with van der Waals surface area (Å²) in [5.41, 5.74) is 2.42. The first-order valence-corrected chi connectivity index (χ1v) is 10.3. The zero-order valence-corrected chi connectivity index (χ0v) is 18.4. The SMILES string of the molecule is N#C/C(=C/c1ccc(OCc2ccc(Br)cc2)c(Br)c1)C(=O)Nc1ccccc1. The van der Waals surface area contributed by atoms with Gasteiger partial charge in [-0.25, -0.2) is 0 Å². The van der Waals surface area contributed by atoms with E-state index in [0.29, 0.717) is 23.6 Å². The van der Waals surface area contributed by atoms with E-state index in [1.807, 2.05) is 54.6 Å². The highest BCUT2D eigenvalue weighted by molar-refractivity contribution is 9.10. The number of nitriles is 1. The molecule has 3 aromatic carbocycles. The van der Waals surface area contributed by atoms with Gasteiger partial charge in [-0.1, -0.05) is 52.3 Å². The molecule has 0 unspecified atom stereocenters. The van der Waals surface area contributed by atoms with E-state index in [4.69, 9.17) is 4.74 Å². The fraction of sp³-hybridized carbons (Fsp3) is 0.0435. The molecule has 144 valence electrons. The van der Waals surface area contributed by atoms with Crippen molar-refractivity contribution in [2.75, 3.05) is 5.32 Å². The van der Waals surface area contributed by atoms with E-state index in [1.165, 1.54) is 0 Å². The van der Waals surface area contributed by atoms with Gasteiger partial charge in [-0.05, 0) is 69.5 Å². The van der Waals surface area contributed by atoms with Gasteiger partial charge in [0, 0.05) is 10.2 Å². The topological polar surface area (TPSA) is 62.1 Å². The maximum atomic E-state index is 12.3. The highest BCUT2D eigenvalue weighted by Gasteiger charge is 2.10. The van der Waals surface area contributed by atoms with Gasteiger partial charge in [0.2, 0.25) is 0 Å². The molecular formula is C23H16Br2N2O2. The van der Waals surface area contributed by atoms with E-state index in [-0.39, 0.29) is 5.57 Å². The van der Waals surface area contributed by atoms with Crippen LogP contribution in [0.15, 0.2) is 87.3 Å². The van der Waals surface area contributed by atoms with Crippen molar-refractivity contribution in [1.29, 1.82) is 5.26 Å². The Labute approximate surface area is 186 Å². The summed E-state index contributed by atoms with van der Waals surface area (Å²) in [5, 5.41) is 12.1. The number of amides is 1. The van der Waals surface area contributed by atoms with Crippen molar-refractivity contribution in [3.05, 3.63) is 98.4 Å². The molecule has 0 fully saturated rings. The summed E-state index contributed by atoms with van der Waals surface area (Å²) in [4.78, 5) is 12.3. The fourth-order valence-corrected chi connectivity index (χ4v) is 3.28. The molecular weight excluding hydrogens is 496 g/mol. The number of para-hydroxylation sites is 1. The number of carbonyl (C=O) groups excluding carboxylic acids is 1. The lowest BCUT2D eigenvalue weighted by Gasteiger charge is -2.09. The molecule has 0 aliphatic rings. The molecule has 3 aromatic rings. The number of halogens is 2. The monoisotopic (exact) mass is 510 g/mol. The van der Waals surface area contributed by atoms with Crippen LogP contribution in [0.3, 0.4) is 0 Å². The lowest BCUT2D eigenvalue weighted by Crippen LogP contribution is -2.13. The van der Waals surface area contributed by atoms with Crippen molar-refractivity contribution < 1.29 is 9.53 Å². The number of anilines is 1. The summed E-state index contributed by atoms with van der Waals surface area (Å²) in [5.74, 6) is 0.225. The average Bonchev–Trinajstić information content (AvgIpc) is 2.73. The molecule has 0 spiro atoms. The van der Waals surface area contributed by atoms with Crippen molar-refractivity contribution in [1.82, 2.24) is 0 Å². The Morgan fingerprint density at radius 1 is 1.03 bits per heavy atom. The zero-order chi connectivity index (χ0) is 20.6. The highest BCUT2D eigenvalue weighted by Crippen LogP contribution is 2.28. The van der Waals surface area contributed by atoms with Gasteiger partial charge in [0.25, 0.3) is 5.91 Å². The number of carbonyl (C=O) groups is 1. The van der Waals surface area contributed by atoms with E-state index in [2.05, 4.69) is 37.2 Å². The molecule has 0 radical (unpaired) electrons. The van der Waals surface area contributed by atoms with Gasteiger partial charge in [-0.2, -0.15) is 5.26 Å². The fourth-order valence-electron chi connectivity index (χ4n) is 2.50. The van der Waals surface area contributed by atoms with Crippen molar-refractivity contribution >= 4 is 49.5 Å². The first kappa shape index (κ1) is 20.8. The maximum absolute atomic E-state index is 12.3. The maximum Gasteiger partial charge on any atom is 0.266 e. The molecule has 0 atom stereocenters. The number of nitrogens with zero attached hydrogens (tertiary/aromatic N) is 1. The molecule has 6 heteroatoms. The standard InChI is InChI=1S/C23H16Br2N2O2/c24-19-9-6-16(7-10-19)15-29-22-11-8-17(13-21(22)25)12-18(14-26)23(28)27-20-4-2-1-3-5-20/h1-13H,15H2,(H,27,28)/b18-12-. The number of hydrogen-bond acceptors (Lipinski definition) is 3. The van der Waals surface area contributed by atoms with E-state index >= 15 is 0 Å². The number of rotatable bonds is 6. The predicted molar refractivity (Wildman–Crippen MR) is 121 cm³/mol. The van der Waals surface area contributed by atoms with Crippen LogP contribution in [0.2, 0.25) is 0 Å². The van der Waals surface area contributed by atoms with Crippen LogP contribution in [-0.4, -0.2) is 5.91 Å². The summed E-state index contributed by atoms with van der Waals surface area (Å²) in [6, 6.07) is 24.3. The van der Waals surface area contributed by atoms with E-state index < -0.39 is 5.91 Å². The molecule has 1 amide bonds. The molecule has 1 N–H and O–H groups in total. The number of ether oxygens (including phenoxy) is 1. The second kappa shape index (κ2) is 10.1. The van der Waals surface area contributed by atoms with Gasteiger partial charge in [-0.3, -0.25) is 4.79 Å². The van der Waals surface area contributed by atoms with Gasteiger partial charge in [-0.15, -0.1) is 0 Å². The quantitative estimate of drug-likeness (QED) is 0.310. The van der Waals surface area contributed by atoms with E-state index in [9.17, 15) is 10.1 Å². The second-order valence-electron chi connectivity index (χ2n) is 6.09. The van der Waals surface area contributed by atoms with Gasteiger partial charge < -0.3 is 10.1 Å². The Balaban J connectivity index is 1.70. The number of nitrogens with one attached hydrogen (secondary N) is 1. The minimum absolute atomic E-state index is 0.0179. The van der Waals surface area contributed by atoms with Gasteiger partial charge >= 0.3 is 0 Å². The molecule has 0 saturated carbocycles. The third-order valence-corrected chi connectivity index (χ3v) is 5.12. The molecule has 4 nitrogen and oxygen atoms in total. The van der Waals surface area contributed by atoms with Crippen LogP contribution in [0.5, 0.6) is 5.75 Å². The Morgan fingerprint density at radius 3 is 2.41 bits per heavy atom. The largest absolute Gasteiger partial charge is 0.488 e. The van der Waals surface area contributed by atoms with E-state index in [0.717, 1.165) is 14.5 Å². The Kier molecular flexibility index (Phi) is 7.23.